The zero-order chi connectivity index (χ0) is 11.4. The minimum absolute atomic E-state index is 0. The molecule has 0 amide bonds. The van der Waals surface area contributed by atoms with Crippen molar-refractivity contribution < 1.29 is 18.9 Å². The normalized spacial score (nSPS) is 10.8. The van der Waals surface area contributed by atoms with Gasteiger partial charge >= 0.3 is 18.9 Å². The van der Waals surface area contributed by atoms with Crippen molar-refractivity contribution in [3.8, 4) is 0 Å². The molecular weight excluding hydrogens is 250 g/mol. The van der Waals surface area contributed by atoms with Crippen LogP contribution >= 0.6 is 32.4 Å². The summed E-state index contributed by atoms with van der Waals surface area (Å²) in [4.78, 5) is 0. The average molecular weight is 265 g/mol. The molecule has 0 aliphatic heterocycles. The molecule has 82 valence electrons. The van der Waals surface area contributed by atoms with E-state index in [1.54, 1.807) is 0 Å². The van der Waals surface area contributed by atoms with E-state index in [4.69, 9.17) is 23.8 Å². The summed E-state index contributed by atoms with van der Waals surface area (Å²) in [5.41, 5.74) is 2.22. The smallest absolute Gasteiger partial charge is 0.493 e. The Balaban J connectivity index is 0.00000225. The predicted octanol–water partition coefficient (Wildman–Crippen LogP) is 1.93. The molecule has 0 spiro atoms. The van der Waals surface area contributed by atoms with E-state index in [1.165, 1.54) is 14.1 Å². The van der Waals surface area contributed by atoms with Crippen LogP contribution in [-0.4, -0.2) is 10.8 Å². The Morgan fingerprint density at radius 1 is 1.44 bits per heavy atom. The second-order valence-corrected chi connectivity index (χ2v) is 6.22. The number of thiocarbonyl (C=S) groups is 1. The summed E-state index contributed by atoms with van der Waals surface area (Å²) in [5.74, 6) is 0.674. The van der Waals surface area contributed by atoms with Gasteiger partial charge in [0.2, 0.25) is 0 Å². The molecule has 0 radical (unpaired) electrons. The van der Waals surface area contributed by atoms with Gasteiger partial charge in [0.1, 0.15) is 0 Å². The fourth-order valence-corrected chi connectivity index (χ4v) is 3.17. The Labute approximate surface area is 122 Å². The zero-order valence-corrected chi connectivity index (χ0v) is 12.7. The van der Waals surface area contributed by atoms with Crippen LogP contribution in [-0.2, 0) is 0 Å². The van der Waals surface area contributed by atoms with Crippen molar-refractivity contribution in [3.05, 3.63) is 34.3 Å². The van der Waals surface area contributed by atoms with Gasteiger partial charge in [-0.2, -0.15) is 6.16 Å². The molecule has 0 nitrogen and oxygen atoms in total. The second-order valence-electron chi connectivity index (χ2n) is 3.97. The molecular formula is C12H15ClLiPS. The molecule has 0 bridgehead atoms. The van der Waals surface area contributed by atoms with Gasteiger partial charge in [0, 0.05) is 5.02 Å². The maximum Gasteiger partial charge on any atom is 1.00 e. The van der Waals surface area contributed by atoms with E-state index in [1.807, 2.05) is 12.1 Å². The SMILES string of the molecule is Cc1cccc(Cl)c1C(=S)[P-]CC(C)C.[Li+]. The minimum Gasteiger partial charge on any atom is -0.493 e. The molecule has 1 aromatic rings. The second kappa shape index (κ2) is 7.86. The van der Waals surface area contributed by atoms with E-state index >= 15 is 0 Å². The number of rotatable bonds is 4. The summed E-state index contributed by atoms with van der Waals surface area (Å²) < 4.78 is 0.965. The first-order chi connectivity index (χ1) is 7.02. The van der Waals surface area contributed by atoms with Gasteiger partial charge in [0.05, 0.1) is 0 Å². The molecule has 0 heterocycles. The van der Waals surface area contributed by atoms with Crippen molar-refractivity contribution in [2.45, 2.75) is 20.8 Å². The number of hydrogen-bond donors (Lipinski definition) is 0. The molecule has 0 aliphatic carbocycles. The first-order valence-corrected chi connectivity index (χ1v) is 6.86. The molecule has 16 heavy (non-hydrogen) atoms. The largest absolute Gasteiger partial charge is 1.00 e. The number of aryl methyl sites for hydroxylation is 1. The van der Waals surface area contributed by atoms with Crippen LogP contribution in [0.2, 0.25) is 5.02 Å². The third kappa shape index (κ3) is 4.87. The molecule has 0 saturated heterocycles. The first kappa shape index (κ1) is 16.6. The average Bonchev–Trinajstić information content (AvgIpc) is 2.14. The topological polar surface area (TPSA) is 0 Å². The fourth-order valence-electron chi connectivity index (χ4n) is 1.25. The van der Waals surface area contributed by atoms with Crippen LogP contribution in [0.1, 0.15) is 25.0 Å². The van der Waals surface area contributed by atoms with Gasteiger partial charge in [-0.15, -0.1) is 16.8 Å². The van der Waals surface area contributed by atoms with E-state index in [0.717, 1.165) is 21.4 Å². The Morgan fingerprint density at radius 3 is 2.56 bits per heavy atom. The standard InChI is InChI=1S/C12H15ClPS.Li/c1-8(2)7-14-12(15)11-9(3)5-4-6-10(11)13;/h4-6,8H,7H2,1-3H3;/q-1;+1. The van der Waals surface area contributed by atoms with Gasteiger partial charge in [0.15, 0.2) is 0 Å². The minimum atomic E-state index is 0. The maximum atomic E-state index is 6.15. The van der Waals surface area contributed by atoms with Crippen molar-refractivity contribution in [1.29, 1.82) is 0 Å². The van der Waals surface area contributed by atoms with Crippen molar-refractivity contribution in [2.75, 3.05) is 6.16 Å². The Kier molecular flexibility index (Phi) is 8.17. The van der Waals surface area contributed by atoms with Crippen LogP contribution < -0.4 is 18.9 Å². The van der Waals surface area contributed by atoms with Gasteiger partial charge in [-0.1, -0.05) is 43.5 Å². The van der Waals surface area contributed by atoms with Gasteiger partial charge < -0.3 is 8.58 Å². The van der Waals surface area contributed by atoms with Crippen LogP contribution in [0.25, 0.3) is 0 Å². The summed E-state index contributed by atoms with van der Waals surface area (Å²) >= 11 is 11.6. The predicted molar refractivity (Wildman–Crippen MR) is 74.5 cm³/mol. The zero-order valence-electron chi connectivity index (χ0n) is 10.2. The summed E-state index contributed by atoms with van der Waals surface area (Å²) in [5, 5.41) is 0.774. The van der Waals surface area contributed by atoms with E-state index < -0.39 is 0 Å². The van der Waals surface area contributed by atoms with Crippen molar-refractivity contribution >= 4 is 37.0 Å². The molecule has 0 atom stereocenters. The molecule has 0 N–H and O–H groups in total. The molecule has 0 aliphatic rings. The Morgan fingerprint density at radius 2 is 2.06 bits per heavy atom. The van der Waals surface area contributed by atoms with Gasteiger partial charge in [-0.05, 0) is 24.1 Å². The van der Waals surface area contributed by atoms with Crippen molar-refractivity contribution in [3.63, 3.8) is 0 Å². The van der Waals surface area contributed by atoms with E-state index in [9.17, 15) is 0 Å². The molecule has 0 unspecified atom stereocenters. The summed E-state index contributed by atoms with van der Waals surface area (Å²) in [7, 11) is 1.21. The molecule has 0 fully saturated rings. The molecule has 1 rings (SSSR count). The van der Waals surface area contributed by atoms with E-state index in [0.29, 0.717) is 5.92 Å². The Hall–Kier alpha value is 0.627. The molecule has 1 aromatic carbocycles. The van der Waals surface area contributed by atoms with Crippen LogP contribution in [0.5, 0.6) is 0 Å². The van der Waals surface area contributed by atoms with Crippen molar-refractivity contribution in [1.82, 2.24) is 0 Å². The molecule has 0 aromatic heterocycles. The van der Waals surface area contributed by atoms with Crippen molar-refractivity contribution in [2.24, 2.45) is 5.92 Å². The summed E-state index contributed by atoms with van der Waals surface area (Å²) in [6.07, 6.45) is 1.10. The monoisotopic (exact) mass is 264 g/mol. The first-order valence-electron chi connectivity index (χ1n) is 4.99. The van der Waals surface area contributed by atoms with Gasteiger partial charge in [-0.3, -0.25) is 0 Å². The molecule has 4 heteroatoms. The summed E-state index contributed by atoms with van der Waals surface area (Å²) in [6.45, 7) is 6.46. The third-order valence-electron chi connectivity index (χ3n) is 2.04. The van der Waals surface area contributed by atoms with Crippen LogP contribution in [0, 0.1) is 12.8 Å². The van der Waals surface area contributed by atoms with Crippen LogP contribution in [0.15, 0.2) is 18.2 Å². The molecule has 0 saturated carbocycles. The summed E-state index contributed by atoms with van der Waals surface area (Å²) in [6, 6.07) is 5.92. The Bertz CT molecular complexity index is 346. The van der Waals surface area contributed by atoms with Crippen LogP contribution in [0.3, 0.4) is 0 Å². The number of benzene rings is 1. The van der Waals surface area contributed by atoms with E-state index in [2.05, 4.69) is 26.8 Å². The third-order valence-corrected chi connectivity index (χ3v) is 4.37. The van der Waals surface area contributed by atoms with Gasteiger partial charge in [0.25, 0.3) is 0 Å². The number of halogens is 1. The van der Waals surface area contributed by atoms with Crippen LogP contribution in [0.4, 0.5) is 0 Å². The quantitative estimate of drug-likeness (QED) is 0.455. The van der Waals surface area contributed by atoms with Gasteiger partial charge in [-0.25, -0.2) is 0 Å². The number of hydrogen-bond acceptors (Lipinski definition) is 1. The maximum absolute atomic E-state index is 6.15. The van der Waals surface area contributed by atoms with E-state index in [-0.39, 0.29) is 18.9 Å². The fraction of sp³-hybridized carbons (Fsp3) is 0.417.